The van der Waals surface area contributed by atoms with Crippen LogP contribution in [0.2, 0.25) is 5.02 Å². The Balaban J connectivity index is 1.61. The number of nitrogens with one attached hydrogen (secondary N) is 1. The van der Waals surface area contributed by atoms with Crippen LogP contribution in [0.4, 0.5) is 8.78 Å². The molecule has 0 saturated carbocycles. The fourth-order valence-electron chi connectivity index (χ4n) is 2.28. The predicted octanol–water partition coefficient (Wildman–Crippen LogP) is 4.71. The summed E-state index contributed by atoms with van der Waals surface area (Å²) in [4.78, 5) is 16.5. The maximum absolute atomic E-state index is 13.7. The first-order valence-electron chi connectivity index (χ1n) is 7.47. The van der Waals surface area contributed by atoms with Gasteiger partial charge in [0.05, 0.1) is 16.3 Å². The van der Waals surface area contributed by atoms with Gasteiger partial charge >= 0.3 is 0 Å². The lowest BCUT2D eigenvalue weighted by atomic mass is 10.2. The van der Waals surface area contributed by atoms with Gasteiger partial charge in [0.25, 0.3) is 5.91 Å². The van der Waals surface area contributed by atoms with Gasteiger partial charge in [-0.25, -0.2) is 13.8 Å². The number of nitrogens with zero attached hydrogens (tertiary/aromatic N) is 1. The molecule has 0 spiro atoms. The fourth-order valence-corrected chi connectivity index (χ4v) is 3.38. The average Bonchev–Trinajstić information content (AvgIpc) is 3.04. The molecule has 7 heteroatoms. The second kappa shape index (κ2) is 7.72. The number of thiazole rings is 1. The Morgan fingerprint density at radius 2 is 2.00 bits per heavy atom. The van der Waals surface area contributed by atoms with Crippen LogP contribution in [0.25, 0.3) is 10.6 Å². The van der Waals surface area contributed by atoms with Crippen molar-refractivity contribution in [2.24, 2.45) is 0 Å². The summed E-state index contributed by atoms with van der Waals surface area (Å²) in [5, 5.41) is 5.25. The van der Waals surface area contributed by atoms with Gasteiger partial charge in [-0.1, -0.05) is 29.8 Å². The minimum absolute atomic E-state index is 0.0690. The number of rotatable bonds is 5. The summed E-state index contributed by atoms with van der Waals surface area (Å²) >= 11 is 7.26. The normalized spacial score (nSPS) is 10.7. The molecule has 0 unspecified atom stereocenters. The molecule has 1 amide bonds. The number of halogens is 3. The van der Waals surface area contributed by atoms with Gasteiger partial charge in [0.15, 0.2) is 0 Å². The summed E-state index contributed by atoms with van der Waals surface area (Å²) in [5.74, 6) is -1.54. The number of hydrogen-bond donors (Lipinski definition) is 1. The third-order valence-corrected chi connectivity index (χ3v) is 4.73. The highest BCUT2D eigenvalue weighted by Gasteiger charge is 2.15. The van der Waals surface area contributed by atoms with Crippen molar-refractivity contribution in [3.63, 3.8) is 0 Å². The van der Waals surface area contributed by atoms with Gasteiger partial charge < -0.3 is 5.32 Å². The Morgan fingerprint density at radius 3 is 2.76 bits per heavy atom. The lowest BCUT2D eigenvalue weighted by Gasteiger charge is -2.06. The third kappa shape index (κ3) is 4.21. The minimum atomic E-state index is -0.660. The van der Waals surface area contributed by atoms with Crippen LogP contribution in [0, 0.1) is 11.6 Å². The van der Waals surface area contributed by atoms with Gasteiger partial charge in [-0.2, -0.15) is 0 Å². The van der Waals surface area contributed by atoms with Crippen molar-refractivity contribution in [2.45, 2.75) is 6.42 Å². The minimum Gasteiger partial charge on any atom is -0.352 e. The molecule has 1 N–H and O–H groups in total. The molecule has 0 fully saturated rings. The first kappa shape index (κ1) is 17.5. The van der Waals surface area contributed by atoms with Gasteiger partial charge in [-0.05, 0) is 24.3 Å². The number of amides is 1. The van der Waals surface area contributed by atoms with E-state index in [4.69, 9.17) is 11.6 Å². The Bertz CT molecular complexity index is 893. The highest BCUT2D eigenvalue weighted by atomic mass is 35.5. The molecule has 2 aromatic carbocycles. The first-order valence-corrected chi connectivity index (χ1v) is 8.73. The van der Waals surface area contributed by atoms with E-state index in [1.54, 1.807) is 12.1 Å². The lowest BCUT2D eigenvalue weighted by Crippen LogP contribution is -2.27. The smallest absolute Gasteiger partial charge is 0.255 e. The van der Waals surface area contributed by atoms with E-state index in [1.165, 1.54) is 41.7 Å². The monoisotopic (exact) mass is 378 g/mol. The third-order valence-electron chi connectivity index (χ3n) is 3.48. The summed E-state index contributed by atoms with van der Waals surface area (Å²) in [6.07, 6.45) is 0.476. The van der Waals surface area contributed by atoms with Crippen molar-refractivity contribution in [2.75, 3.05) is 6.54 Å². The Morgan fingerprint density at radius 1 is 1.20 bits per heavy atom. The van der Waals surface area contributed by atoms with Gasteiger partial charge in [-0.3, -0.25) is 4.79 Å². The summed E-state index contributed by atoms with van der Waals surface area (Å²) in [6, 6.07) is 10.3. The molecule has 0 aliphatic carbocycles. The average molecular weight is 379 g/mol. The van der Waals surface area contributed by atoms with E-state index >= 15 is 0 Å². The standard InChI is InChI=1S/C18H13ClF2N2OS/c19-14-5-2-6-15(21)16(14)17(24)22-8-7-13-10-25-18(23-13)11-3-1-4-12(20)9-11/h1-6,9-10H,7-8H2,(H,22,24). The van der Waals surface area contributed by atoms with E-state index in [0.717, 1.165) is 5.69 Å². The number of hydrogen-bond acceptors (Lipinski definition) is 3. The van der Waals surface area contributed by atoms with Crippen molar-refractivity contribution >= 4 is 28.8 Å². The zero-order valence-corrected chi connectivity index (χ0v) is 14.5. The summed E-state index contributed by atoms with van der Waals surface area (Å²) in [6.45, 7) is 0.288. The molecule has 25 heavy (non-hydrogen) atoms. The zero-order valence-electron chi connectivity index (χ0n) is 12.9. The van der Waals surface area contributed by atoms with Crippen LogP contribution < -0.4 is 5.32 Å². The van der Waals surface area contributed by atoms with Crippen LogP contribution >= 0.6 is 22.9 Å². The van der Waals surface area contributed by atoms with Crippen LogP contribution in [0.1, 0.15) is 16.1 Å². The molecule has 3 rings (SSSR count). The van der Waals surface area contributed by atoms with E-state index in [-0.39, 0.29) is 22.9 Å². The number of benzene rings is 2. The Hall–Kier alpha value is -2.31. The molecule has 0 saturated heterocycles. The summed E-state index contributed by atoms with van der Waals surface area (Å²) in [7, 11) is 0. The molecule has 0 radical (unpaired) electrons. The van der Waals surface area contributed by atoms with E-state index in [0.29, 0.717) is 17.0 Å². The molecular formula is C18H13ClF2N2OS. The van der Waals surface area contributed by atoms with Gasteiger partial charge in [0, 0.05) is 23.9 Å². The molecule has 3 nitrogen and oxygen atoms in total. The van der Waals surface area contributed by atoms with E-state index in [9.17, 15) is 13.6 Å². The Kier molecular flexibility index (Phi) is 5.40. The van der Waals surface area contributed by atoms with Crippen LogP contribution in [0.15, 0.2) is 47.8 Å². The predicted molar refractivity (Wildman–Crippen MR) is 95.0 cm³/mol. The van der Waals surface area contributed by atoms with Crippen LogP contribution in [-0.4, -0.2) is 17.4 Å². The molecule has 3 aromatic rings. The fraction of sp³-hybridized carbons (Fsp3) is 0.111. The summed E-state index contributed by atoms with van der Waals surface area (Å²) in [5.41, 5.74) is 1.31. The molecule has 0 bridgehead atoms. The van der Waals surface area contributed by atoms with Gasteiger partial charge in [-0.15, -0.1) is 11.3 Å². The van der Waals surface area contributed by atoms with Gasteiger partial charge in [0.1, 0.15) is 16.6 Å². The Labute approximate surface area is 152 Å². The highest BCUT2D eigenvalue weighted by molar-refractivity contribution is 7.13. The number of aromatic nitrogens is 1. The molecule has 128 valence electrons. The van der Waals surface area contributed by atoms with Crippen LogP contribution in [0.3, 0.4) is 0 Å². The zero-order chi connectivity index (χ0) is 17.8. The van der Waals surface area contributed by atoms with E-state index < -0.39 is 11.7 Å². The van der Waals surface area contributed by atoms with Crippen molar-refractivity contribution in [3.8, 4) is 10.6 Å². The molecular weight excluding hydrogens is 366 g/mol. The summed E-state index contributed by atoms with van der Waals surface area (Å²) < 4.78 is 27.0. The molecule has 1 aromatic heterocycles. The topological polar surface area (TPSA) is 42.0 Å². The van der Waals surface area contributed by atoms with Crippen molar-refractivity contribution < 1.29 is 13.6 Å². The number of carbonyl (C=O) groups excluding carboxylic acids is 1. The first-order chi connectivity index (χ1) is 12.0. The van der Waals surface area contributed by atoms with Crippen molar-refractivity contribution in [1.82, 2.24) is 10.3 Å². The maximum atomic E-state index is 13.7. The van der Waals surface area contributed by atoms with E-state index in [2.05, 4.69) is 10.3 Å². The molecule has 0 atom stereocenters. The highest BCUT2D eigenvalue weighted by Crippen LogP contribution is 2.24. The molecule has 0 aliphatic rings. The van der Waals surface area contributed by atoms with Crippen LogP contribution in [-0.2, 0) is 6.42 Å². The second-order valence-electron chi connectivity index (χ2n) is 5.26. The maximum Gasteiger partial charge on any atom is 0.255 e. The second-order valence-corrected chi connectivity index (χ2v) is 6.52. The van der Waals surface area contributed by atoms with Crippen molar-refractivity contribution in [1.29, 1.82) is 0 Å². The SMILES string of the molecule is O=C(NCCc1csc(-c2cccc(F)c2)n1)c1c(F)cccc1Cl. The number of carbonyl (C=O) groups is 1. The van der Waals surface area contributed by atoms with E-state index in [1.807, 2.05) is 5.38 Å². The van der Waals surface area contributed by atoms with Gasteiger partial charge in [0.2, 0.25) is 0 Å². The quantitative estimate of drug-likeness (QED) is 0.698. The lowest BCUT2D eigenvalue weighted by molar-refractivity contribution is 0.0950. The molecule has 1 heterocycles. The molecule has 0 aliphatic heterocycles. The van der Waals surface area contributed by atoms with Crippen molar-refractivity contribution in [3.05, 3.63) is 75.8 Å². The largest absolute Gasteiger partial charge is 0.352 e. The van der Waals surface area contributed by atoms with Crippen LogP contribution in [0.5, 0.6) is 0 Å².